The van der Waals surface area contributed by atoms with Gasteiger partial charge < -0.3 is 15.1 Å². The third-order valence-electron chi connectivity index (χ3n) is 4.80. The zero-order chi connectivity index (χ0) is 16.1. The van der Waals surface area contributed by atoms with Crippen molar-refractivity contribution in [3.63, 3.8) is 0 Å². The number of aryl methyl sites for hydroxylation is 1. The van der Waals surface area contributed by atoms with Gasteiger partial charge in [-0.25, -0.2) is 0 Å². The first-order valence-electron chi connectivity index (χ1n) is 8.77. The third-order valence-corrected chi connectivity index (χ3v) is 5.70. The minimum Gasteiger partial charge on any atom is -0.356 e. The van der Waals surface area contributed by atoms with Crippen molar-refractivity contribution in [2.24, 2.45) is 5.92 Å². The Morgan fingerprint density at radius 3 is 2.61 bits per heavy atom. The zero-order valence-electron chi connectivity index (χ0n) is 14.0. The lowest BCUT2D eigenvalue weighted by Gasteiger charge is -2.30. The van der Waals surface area contributed by atoms with E-state index in [-0.39, 0.29) is 11.8 Å². The molecule has 2 fully saturated rings. The van der Waals surface area contributed by atoms with E-state index in [0.29, 0.717) is 0 Å². The van der Waals surface area contributed by atoms with Gasteiger partial charge in [0.05, 0.1) is 0 Å². The van der Waals surface area contributed by atoms with Crippen LogP contribution in [-0.2, 0) is 4.79 Å². The Hall–Kier alpha value is -1.21. The normalized spacial score (nSPS) is 20.1. The predicted molar refractivity (Wildman–Crippen MR) is 92.9 cm³/mol. The predicted octanol–water partition coefficient (Wildman–Crippen LogP) is 1.67. The fourth-order valence-corrected chi connectivity index (χ4v) is 4.15. The summed E-state index contributed by atoms with van der Waals surface area (Å²) in [6.45, 7) is 8.18. The molecule has 1 N–H and O–H groups in total. The number of carbonyl (C=O) groups is 1. The smallest absolute Gasteiger partial charge is 0.223 e. The van der Waals surface area contributed by atoms with Crippen LogP contribution in [0.5, 0.6) is 0 Å². The highest BCUT2D eigenvalue weighted by Crippen LogP contribution is 2.25. The summed E-state index contributed by atoms with van der Waals surface area (Å²) in [5.41, 5.74) is 0. The molecule has 0 aliphatic carbocycles. The second kappa shape index (κ2) is 8.06. The molecule has 0 atom stereocenters. The van der Waals surface area contributed by atoms with Gasteiger partial charge in [0, 0.05) is 25.6 Å². The molecule has 0 aromatic carbocycles. The molecule has 0 bridgehead atoms. The Balaban J connectivity index is 1.33. The number of nitrogens with one attached hydrogen (secondary N) is 1. The fraction of sp³-hybridized carbons (Fsp3) is 0.812. The second-order valence-corrected chi connectivity index (χ2v) is 7.72. The molecule has 3 heterocycles. The number of aromatic nitrogens is 2. The van der Waals surface area contributed by atoms with Gasteiger partial charge in [0.25, 0.3) is 0 Å². The van der Waals surface area contributed by atoms with Crippen LogP contribution >= 0.6 is 11.3 Å². The minimum absolute atomic E-state index is 0.159. The molecule has 3 rings (SSSR count). The highest BCUT2D eigenvalue weighted by Gasteiger charge is 2.26. The summed E-state index contributed by atoms with van der Waals surface area (Å²) in [4.78, 5) is 17.0. The van der Waals surface area contributed by atoms with Crippen LogP contribution in [-0.4, -0.2) is 60.3 Å². The van der Waals surface area contributed by atoms with Crippen LogP contribution in [0.3, 0.4) is 0 Å². The molecule has 2 saturated heterocycles. The number of nitrogens with zero attached hydrogens (tertiary/aromatic N) is 4. The van der Waals surface area contributed by atoms with E-state index in [2.05, 4.69) is 25.3 Å². The van der Waals surface area contributed by atoms with Crippen molar-refractivity contribution >= 4 is 22.4 Å². The third kappa shape index (κ3) is 4.64. The van der Waals surface area contributed by atoms with E-state index in [9.17, 15) is 4.79 Å². The van der Waals surface area contributed by atoms with Crippen LogP contribution in [0.4, 0.5) is 5.13 Å². The van der Waals surface area contributed by atoms with Gasteiger partial charge >= 0.3 is 0 Å². The summed E-state index contributed by atoms with van der Waals surface area (Å²) in [5.74, 6) is 0.395. The van der Waals surface area contributed by atoms with Gasteiger partial charge in [-0.3, -0.25) is 4.79 Å². The molecule has 1 amide bonds. The van der Waals surface area contributed by atoms with Crippen molar-refractivity contribution in [3.05, 3.63) is 5.01 Å². The van der Waals surface area contributed by atoms with Crippen LogP contribution < -0.4 is 10.2 Å². The Labute approximate surface area is 142 Å². The van der Waals surface area contributed by atoms with E-state index in [1.165, 1.54) is 25.9 Å². The van der Waals surface area contributed by atoms with Crippen molar-refractivity contribution in [1.82, 2.24) is 20.4 Å². The number of piperidine rings is 1. The van der Waals surface area contributed by atoms with Gasteiger partial charge in [-0.05, 0) is 58.7 Å². The van der Waals surface area contributed by atoms with E-state index >= 15 is 0 Å². The van der Waals surface area contributed by atoms with Gasteiger partial charge in [-0.2, -0.15) is 0 Å². The van der Waals surface area contributed by atoms with Gasteiger partial charge in [0.2, 0.25) is 11.0 Å². The van der Waals surface area contributed by atoms with Crippen molar-refractivity contribution in [3.8, 4) is 0 Å². The van der Waals surface area contributed by atoms with Crippen LogP contribution in [0.15, 0.2) is 0 Å². The lowest BCUT2D eigenvalue weighted by Crippen LogP contribution is -2.41. The summed E-state index contributed by atoms with van der Waals surface area (Å²) in [5, 5.41) is 13.4. The maximum Gasteiger partial charge on any atom is 0.223 e. The van der Waals surface area contributed by atoms with Crippen LogP contribution in [0.2, 0.25) is 0 Å². The Morgan fingerprint density at radius 1 is 1.22 bits per heavy atom. The lowest BCUT2D eigenvalue weighted by atomic mass is 9.96. The average Bonchev–Trinajstić information content (AvgIpc) is 3.23. The molecule has 1 aromatic rings. The summed E-state index contributed by atoms with van der Waals surface area (Å²) in [7, 11) is 0. The highest BCUT2D eigenvalue weighted by atomic mass is 32.1. The molecule has 2 aliphatic rings. The maximum absolute atomic E-state index is 12.3. The standard InChI is InChI=1S/C16H27N5OS/c1-13-18-19-16(23-13)21-11-5-14(6-12-21)15(22)17-7-4-10-20-8-2-3-9-20/h14H,2-12H2,1H3,(H,17,22). The molecule has 0 unspecified atom stereocenters. The average molecular weight is 337 g/mol. The largest absolute Gasteiger partial charge is 0.356 e. The molecule has 2 aliphatic heterocycles. The molecule has 6 nitrogen and oxygen atoms in total. The SMILES string of the molecule is Cc1nnc(N2CCC(C(=O)NCCCN3CCCC3)CC2)s1. The molecular formula is C16H27N5OS. The van der Waals surface area contributed by atoms with Crippen LogP contribution in [0, 0.1) is 12.8 Å². The first-order chi connectivity index (χ1) is 11.2. The molecule has 1 aromatic heterocycles. The summed E-state index contributed by atoms with van der Waals surface area (Å²) in [6, 6.07) is 0. The zero-order valence-corrected chi connectivity index (χ0v) is 14.8. The Morgan fingerprint density at radius 2 is 1.96 bits per heavy atom. The number of anilines is 1. The van der Waals surface area contributed by atoms with E-state index in [4.69, 9.17) is 0 Å². The molecular weight excluding hydrogens is 310 g/mol. The summed E-state index contributed by atoms with van der Waals surface area (Å²) < 4.78 is 0. The van der Waals surface area contributed by atoms with E-state index in [1.54, 1.807) is 11.3 Å². The summed E-state index contributed by atoms with van der Waals surface area (Å²) >= 11 is 1.63. The van der Waals surface area contributed by atoms with Gasteiger partial charge in [-0.15, -0.1) is 10.2 Å². The highest BCUT2D eigenvalue weighted by molar-refractivity contribution is 7.15. The molecule has 0 radical (unpaired) electrons. The van der Waals surface area contributed by atoms with E-state index in [1.807, 2.05) is 6.92 Å². The van der Waals surface area contributed by atoms with E-state index in [0.717, 1.165) is 55.6 Å². The number of likely N-dealkylation sites (tertiary alicyclic amines) is 1. The Kier molecular flexibility index (Phi) is 5.83. The maximum atomic E-state index is 12.3. The Bertz CT molecular complexity index is 506. The second-order valence-electron chi connectivity index (χ2n) is 6.56. The fourth-order valence-electron chi connectivity index (χ4n) is 3.41. The van der Waals surface area contributed by atoms with Gasteiger partial charge in [0.1, 0.15) is 5.01 Å². The van der Waals surface area contributed by atoms with Gasteiger partial charge in [-0.1, -0.05) is 11.3 Å². The molecule has 7 heteroatoms. The number of rotatable bonds is 6. The number of hydrogen-bond donors (Lipinski definition) is 1. The van der Waals surface area contributed by atoms with Crippen molar-refractivity contribution < 1.29 is 4.79 Å². The van der Waals surface area contributed by atoms with Crippen molar-refractivity contribution in [1.29, 1.82) is 0 Å². The van der Waals surface area contributed by atoms with Gasteiger partial charge in [0.15, 0.2) is 0 Å². The molecule has 0 saturated carbocycles. The monoisotopic (exact) mass is 337 g/mol. The first kappa shape index (κ1) is 16.6. The number of carbonyl (C=O) groups excluding carboxylic acids is 1. The summed E-state index contributed by atoms with van der Waals surface area (Å²) in [6.07, 6.45) is 5.56. The van der Waals surface area contributed by atoms with Crippen molar-refractivity contribution in [2.45, 2.75) is 39.0 Å². The van der Waals surface area contributed by atoms with Crippen LogP contribution in [0.25, 0.3) is 0 Å². The molecule has 128 valence electrons. The first-order valence-corrected chi connectivity index (χ1v) is 9.59. The number of amides is 1. The lowest BCUT2D eigenvalue weighted by molar-refractivity contribution is -0.125. The minimum atomic E-state index is 0.159. The number of hydrogen-bond acceptors (Lipinski definition) is 6. The topological polar surface area (TPSA) is 61.4 Å². The quantitative estimate of drug-likeness (QED) is 0.800. The van der Waals surface area contributed by atoms with E-state index < -0.39 is 0 Å². The van der Waals surface area contributed by atoms with Crippen molar-refractivity contribution in [2.75, 3.05) is 44.2 Å². The molecule has 0 spiro atoms. The van der Waals surface area contributed by atoms with Crippen LogP contribution in [0.1, 0.15) is 37.1 Å². The molecule has 23 heavy (non-hydrogen) atoms.